The third-order valence-electron chi connectivity index (χ3n) is 9.40. The Morgan fingerprint density at radius 2 is 1.18 bits per heavy atom. The average Bonchev–Trinajstić information content (AvgIpc) is 3.64. The molecule has 2 aromatic rings. The summed E-state index contributed by atoms with van der Waals surface area (Å²) in [5.74, 6) is -1.97. The third kappa shape index (κ3) is 14.4. The fourth-order valence-corrected chi connectivity index (χ4v) is 6.35. The van der Waals surface area contributed by atoms with Gasteiger partial charge >= 0.3 is 11.4 Å². The second kappa shape index (κ2) is 25.8. The van der Waals surface area contributed by atoms with Crippen molar-refractivity contribution in [3.05, 3.63) is 45.5 Å². The van der Waals surface area contributed by atoms with Gasteiger partial charge in [-0.1, -0.05) is 98.8 Å². The lowest BCUT2D eigenvalue weighted by Crippen LogP contribution is -2.32. The number of nitrogens with zero attached hydrogens (tertiary/aromatic N) is 6. The summed E-state index contributed by atoms with van der Waals surface area (Å²) in [6.45, 7) is 1.34. The van der Waals surface area contributed by atoms with Crippen molar-refractivity contribution in [1.82, 2.24) is 19.1 Å². The van der Waals surface area contributed by atoms with Crippen LogP contribution >= 0.6 is 0 Å². The van der Waals surface area contributed by atoms with Gasteiger partial charge in [-0.25, -0.2) is 9.59 Å². The molecule has 0 radical (unpaired) electrons. The number of hydrogen-bond acceptors (Lipinski definition) is 14. The Balaban J connectivity index is 0.000000636. The minimum Gasteiger partial charge on any atom is -0.394 e. The first-order valence-electron chi connectivity index (χ1n) is 18.5. The first kappa shape index (κ1) is 48.8. The predicted octanol–water partition coefficient (Wildman–Crippen LogP) is 3.54. The van der Waals surface area contributed by atoms with Gasteiger partial charge in [0.15, 0.2) is 12.5 Å². The summed E-state index contributed by atoms with van der Waals surface area (Å²) in [4.78, 5) is 43.6. The van der Waals surface area contributed by atoms with Gasteiger partial charge in [0.25, 0.3) is 0 Å². The summed E-state index contributed by atoms with van der Waals surface area (Å²) < 4.78 is 12.9. The maximum Gasteiger partial charge on any atom is 0.351 e. The van der Waals surface area contributed by atoms with Crippen molar-refractivity contribution >= 4 is 17.5 Å². The number of rotatable bonds is 19. The van der Waals surface area contributed by atoms with Crippen LogP contribution in [0.3, 0.4) is 0 Å². The highest BCUT2D eigenvalue weighted by atomic mass is 16.5. The highest BCUT2D eigenvalue weighted by Crippen LogP contribution is 2.34. The molecule has 7 N–H and O–H groups in total. The summed E-state index contributed by atoms with van der Waals surface area (Å²) in [5.41, 5.74) is 3.97. The molecule has 4 rings (SSSR count). The number of carbonyl (C=O) groups is 1. The van der Waals surface area contributed by atoms with Gasteiger partial charge < -0.3 is 41.0 Å². The number of nitriles is 2. The monoisotopic (exact) mass is 774 g/mol. The summed E-state index contributed by atoms with van der Waals surface area (Å²) in [5, 5.41) is 59.0. The molecule has 17 heteroatoms. The molecule has 0 aliphatic carbocycles. The molecule has 2 aliphatic heterocycles. The van der Waals surface area contributed by atoms with E-state index >= 15 is 0 Å². The summed E-state index contributed by atoms with van der Waals surface area (Å²) >= 11 is 0. The molecule has 2 unspecified atom stereocenters. The van der Waals surface area contributed by atoms with Crippen molar-refractivity contribution in [2.24, 2.45) is 11.8 Å². The molecule has 4 heterocycles. The number of nitrogen functional groups attached to an aromatic ring is 1. The molecule has 0 spiro atoms. The number of aromatic nitrogens is 4. The molecule has 2 aromatic heterocycles. The maximum absolute atomic E-state index is 12.4. The second-order valence-electron chi connectivity index (χ2n) is 13.4. The lowest BCUT2D eigenvalue weighted by molar-refractivity contribution is -0.116. The zero-order valence-corrected chi connectivity index (χ0v) is 30.3. The molecule has 0 bridgehead atoms. The summed E-state index contributed by atoms with van der Waals surface area (Å²) in [6, 6.07) is 6.62. The second-order valence-corrected chi connectivity index (χ2v) is 13.4. The number of aliphatic hydroxyl groups is 4. The van der Waals surface area contributed by atoms with Crippen LogP contribution in [0, 0.1) is 34.5 Å². The van der Waals surface area contributed by atoms with Gasteiger partial charge in [0, 0.05) is 18.8 Å². The molecule has 0 saturated carbocycles. The van der Waals surface area contributed by atoms with Crippen LogP contribution in [0.15, 0.2) is 34.1 Å². The maximum atomic E-state index is 12.4. The van der Waals surface area contributed by atoms with Gasteiger partial charge in [0.05, 0.1) is 25.4 Å². The molecule has 0 aromatic carbocycles. The summed E-state index contributed by atoms with van der Waals surface area (Å²) in [7, 11) is 0. The van der Waals surface area contributed by atoms with E-state index in [4.69, 9.17) is 25.6 Å². The van der Waals surface area contributed by atoms with Gasteiger partial charge in [-0.3, -0.25) is 13.9 Å². The molecule has 55 heavy (non-hydrogen) atoms. The van der Waals surface area contributed by atoms with Crippen molar-refractivity contribution in [2.75, 3.05) is 24.3 Å². The van der Waals surface area contributed by atoms with Crippen molar-refractivity contribution in [2.45, 2.75) is 149 Å². The number of aliphatic hydroxyl groups excluding tert-OH is 4. The standard InChI is InChI=1S/C26H42N4O5.C10H12N4O4.2CH4/c1-2-3-4-5-6-7-8-9-10-11-12-13-14-15-23(32)28-22-16-17-30(26(34)29-22)25-20(18-27)24(33)21(19-31)35-25;11-3-5-8(16)6(4-15)18-9(5)14-2-1-7(12)13-10(14)17;;/h16-17,20-21,24-25,31,33H,2-15,19H2,1H3,(H,28,29,32,34);1-2,5-6,8-9,15-16H,4H2,(H2,12,13,17);2*1H4/t20-,21+,24-,25?;5-,6+,8-,9?;;/m00../s1. The zero-order valence-electron chi connectivity index (χ0n) is 30.3. The molecule has 2 aliphatic rings. The van der Waals surface area contributed by atoms with E-state index in [0.29, 0.717) is 6.42 Å². The Hall–Kier alpha value is -4.23. The quantitative estimate of drug-likeness (QED) is 0.112. The Kier molecular flexibility index (Phi) is 22.9. The number of hydrogen-bond donors (Lipinski definition) is 6. The van der Waals surface area contributed by atoms with E-state index in [0.717, 1.165) is 28.4 Å². The average molecular weight is 775 g/mol. The summed E-state index contributed by atoms with van der Waals surface area (Å²) in [6.07, 6.45) is 13.0. The van der Waals surface area contributed by atoms with E-state index in [1.54, 1.807) is 0 Å². The molecular weight excluding hydrogens is 712 g/mol. The highest BCUT2D eigenvalue weighted by molar-refractivity contribution is 5.89. The number of carbonyl (C=O) groups excluding carboxylic acids is 1. The van der Waals surface area contributed by atoms with Gasteiger partial charge in [0.1, 0.15) is 47.9 Å². The van der Waals surface area contributed by atoms with Crippen LogP contribution in [0.5, 0.6) is 0 Å². The van der Waals surface area contributed by atoms with E-state index in [1.807, 2.05) is 12.1 Å². The number of unbranched alkanes of at least 4 members (excludes halogenated alkanes) is 12. The van der Waals surface area contributed by atoms with Crippen LogP contribution in [0.1, 0.15) is 124 Å². The third-order valence-corrected chi connectivity index (χ3v) is 9.40. The van der Waals surface area contributed by atoms with Crippen LogP contribution in [-0.2, 0) is 14.3 Å². The molecule has 8 atom stereocenters. The normalized spacial score (nSPS) is 24.0. The van der Waals surface area contributed by atoms with Crippen molar-refractivity contribution in [1.29, 1.82) is 10.5 Å². The fourth-order valence-electron chi connectivity index (χ4n) is 6.35. The minimum absolute atomic E-state index is 0. The SMILES string of the molecule is C.C.CCCCCCCCCCCCCCCC(=O)Nc1ccn(C2O[C@H](CO)[C@@H](O)[C@@H]2C#N)c(=O)n1.N#C[C@@H]1C(n2ccc(N)nc2=O)O[C@H](CO)[C@H]1O. The largest absolute Gasteiger partial charge is 0.394 e. The minimum atomic E-state index is -1.21. The van der Waals surface area contributed by atoms with Crippen LogP contribution in [0.25, 0.3) is 0 Å². The van der Waals surface area contributed by atoms with Gasteiger partial charge in [0.2, 0.25) is 5.91 Å². The first-order chi connectivity index (χ1) is 25.6. The van der Waals surface area contributed by atoms with Crippen LogP contribution in [0.2, 0.25) is 0 Å². The van der Waals surface area contributed by atoms with Crippen molar-refractivity contribution in [3.63, 3.8) is 0 Å². The number of amides is 1. The van der Waals surface area contributed by atoms with E-state index < -0.39 is 73.3 Å². The van der Waals surface area contributed by atoms with Crippen molar-refractivity contribution < 1.29 is 34.7 Å². The smallest absolute Gasteiger partial charge is 0.351 e. The Bertz CT molecular complexity index is 1620. The lowest BCUT2D eigenvalue weighted by atomic mass is 10.0. The number of nitrogens with one attached hydrogen (secondary N) is 1. The van der Waals surface area contributed by atoms with Crippen LogP contribution < -0.4 is 22.4 Å². The van der Waals surface area contributed by atoms with E-state index in [1.165, 1.54) is 88.7 Å². The first-order valence-corrected chi connectivity index (χ1v) is 18.5. The van der Waals surface area contributed by atoms with Crippen LogP contribution in [0.4, 0.5) is 11.6 Å². The number of anilines is 2. The molecule has 308 valence electrons. The van der Waals surface area contributed by atoms with E-state index in [-0.39, 0.29) is 32.4 Å². The Morgan fingerprint density at radius 1 is 0.764 bits per heavy atom. The molecule has 1 amide bonds. The molecular formula is C38H62N8O9. The topological polar surface area (TPSA) is 272 Å². The molecule has 2 saturated heterocycles. The predicted molar refractivity (Wildman–Crippen MR) is 206 cm³/mol. The van der Waals surface area contributed by atoms with Crippen molar-refractivity contribution in [3.8, 4) is 12.1 Å². The Labute approximate surface area is 323 Å². The molecule has 2 fully saturated rings. The van der Waals surface area contributed by atoms with E-state index in [2.05, 4.69) is 22.2 Å². The zero-order chi connectivity index (χ0) is 38.8. The number of ether oxygens (including phenoxy) is 2. The lowest BCUT2D eigenvalue weighted by Gasteiger charge is -2.16. The van der Waals surface area contributed by atoms with Gasteiger partial charge in [-0.2, -0.15) is 20.5 Å². The Morgan fingerprint density at radius 3 is 1.58 bits per heavy atom. The van der Waals surface area contributed by atoms with Crippen LogP contribution in [-0.4, -0.2) is 83.1 Å². The van der Waals surface area contributed by atoms with Gasteiger partial charge in [-0.05, 0) is 18.6 Å². The van der Waals surface area contributed by atoms with Gasteiger partial charge in [-0.15, -0.1) is 0 Å². The molecule has 17 nitrogen and oxygen atoms in total. The fraction of sp³-hybridized carbons (Fsp3) is 0.711. The number of nitrogens with two attached hydrogens (primary N) is 1. The van der Waals surface area contributed by atoms with E-state index in [9.17, 15) is 35.0 Å². The highest BCUT2D eigenvalue weighted by Gasteiger charge is 2.46.